The molecule has 1 heterocycles. The molecule has 1 atom stereocenters. The summed E-state index contributed by atoms with van der Waals surface area (Å²) in [7, 11) is -3.94. The van der Waals surface area contributed by atoms with Gasteiger partial charge in [0.1, 0.15) is 5.76 Å². The Morgan fingerprint density at radius 2 is 1.84 bits per heavy atom. The number of imide groups is 1. The van der Waals surface area contributed by atoms with Gasteiger partial charge in [0, 0.05) is 5.54 Å². The van der Waals surface area contributed by atoms with Crippen molar-refractivity contribution in [1.29, 1.82) is 0 Å². The third-order valence-electron chi connectivity index (χ3n) is 4.13. The number of furan rings is 1. The predicted molar refractivity (Wildman–Crippen MR) is 115 cm³/mol. The Balaban J connectivity index is 2.08. The molecule has 0 aliphatic carbocycles. The molecule has 1 aromatic carbocycles. The smallest absolute Gasteiger partial charge is 0.339 e. The Labute approximate surface area is 186 Å². The normalized spacial score (nSPS) is 12.7. The van der Waals surface area contributed by atoms with Crippen LogP contribution in [0.1, 0.15) is 49.4 Å². The lowest BCUT2D eigenvalue weighted by atomic mass is 10.1. The largest absolute Gasteiger partial charge is 0.468 e. The van der Waals surface area contributed by atoms with E-state index in [1.165, 1.54) is 31.4 Å². The van der Waals surface area contributed by atoms with Crippen LogP contribution in [0, 0.1) is 6.92 Å². The highest BCUT2D eigenvalue weighted by Gasteiger charge is 2.25. The summed E-state index contributed by atoms with van der Waals surface area (Å²) >= 11 is 0. The number of hydrogen-bond donors (Lipinski definition) is 3. The van der Waals surface area contributed by atoms with Crippen molar-refractivity contribution in [2.24, 2.45) is 0 Å². The van der Waals surface area contributed by atoms with Crippen LogP contribution in [0.15, 0.2) is 45.9 Å². The predicted octanol–water partition coefficient (Wildman–Crippen LogP) is 2.24. The molecule has 3 amide bonds. The number of benzene rings is 1. The first kappa shape index (κ1) is 25.1. The van der Waals surface area contributed by atoms with Crippen molar-refractivity contribution >= 4 is 27.9 Å². The fourth-order valence-electron chi connectivity index (χ4n) is 2.51. The second-order valence-electron chi connectivity index (χ2n) is 8.12. The molecule has 0 bridgehead atoms. The Bertz CT molecular complexity index is 1090. The number of carbonyl (C=O) groups excluding carboxylic acids is 3. The van der Waals surface area contributed by atoms with Gasteiger partial charge in [-0.05, 0) is 64.4 Å². The molecule has 0 radical (unpaired) electrons. The standard InChI is InChI=1S/C21H27N3O7S/c1-13-8-9-16(32(28,29)22-12-15-7-6-10-30-15)11-17(13)19(26)31-14(2)18(25)23-20(27)24-21(3,4)5/h6-11,14,22H,12H2,1-5H3,(H2,23,24,25,27)/t14-/m1/s1. The number of carbonyl (C=O) groups is 3. The number of aryl methyl sites for hydroxylation is 1. The summed E-state index contributed by atoms with van der Waals surface area (Å²) in [5.74, 6) is -1.29. The monoisotopic (exact) mass is 465 g/mol. The quantitative estimate of drug-likeness (QED) is 0.532. The van der Waals surface area contributed by atoms with Crippen LogP contribution in [-0.2, 0) is 26.1 Å². The van der Waals surface area contributed by atoms with Crippen LogP contribution in [-0.4, -0.2) is 38.0 Å². The van der Waals surface area contributed by atoms with Crippen LogP contribution in [0.25, 0.3) is 0 Å². The van der Waals surface area contributed by atoms with Gasteiger partial charge in [0.2, 0.25) is 10.0 Å². The first-order valence-corrected chi connectivity index (χ1v) is 11.2. The Morgan fingerprint density at radius 1 is 1.16 bits per heavy atom. The van der Waals surface area contributed by atoms with Gasteiger partial charge in [-0.15, -0.1) is 0 Å². The number of urea groups is 1. The van der Waals surface area contributed by atoms with E-state index in [2.05, 4.69) is 15.4 Å². The number of esters is 1. The van der Waals surface area contributed by atoms with Gasteiger partial charge in [-0.3, -0.25) is 10.1 Å². The fraction of sp³-hybridized carbons (Fsp3) is 0.381. The summed E-state index contributed by atoms with van der Waals surface area (Å²) in [5, 5.41) is 4.65. The maximum Gasteiger partial charge on any atom is 0.339 e. The highest BCUT2D eigenvalue weighted by molar-refractivity contribution is 7.89. The van der Waals surface area contributed by atoms with Gasteiger partial charge in [0.05, 0.1) is 23.3 Å². The zero-order valence-electron chi connectivity index (χ0n) is 18.5. The van der Waals surface area contributed by atoms with Gasteiger partial charge in [-0.2, -0.15) is 0 Å². The van der Waals surface area contributed by atoms with Crippen molar-refractivity contribution in [2.45, 2.75) is 57.7 Å². The van der Waals surface area contributed by atoms with Crippen LogP contribution >= 0.6 is 0 Å². The summed E-state index contributed by atoms with van der Waals surface area (Å²) in [4.78, 5) is 36.4. The van der Waals surface area contributed by atoms with Crippen molar-refractivity contribution in [3.05, 3.63) is 53.5 Å². The van der Waals surface area contributed by atoms with Crippen molar-refractivity contribution in [1.82, 2.24) is 15.4 Å². The first-order valence-electron chi connectivity index (χ1n) is 9.75. The minimum atomic E-state index is -3.94. The van der Waals surface area contributed by atoms with E-state index in [1.54, 1.807) is 39.8 Å². The van der Waals surface area contributed by atoms with Crippen LogP contribution in [0.2, 0.25) is 0 Å². The summed E-state index contributed by atoms with van der Waals surface area (Å²) < 4.78 is 37.7. The minimum absolute atomic E-state index is 0.0235. The molecular weight excluding hydrogens is 438 g/mol. The molecule has 11 heteroatoms. The van der Waals surface area contributed by atoms with E-state index in [0.29, 0.717) is 11.3 Å². The molecule has 0 spiro atoms. The second kappa shape index (κ2) is 9.96. The van der Waals surface area contributed by atoms with Gasteiger partial charge in [-0.25, -0.2) is 22.7 Å². The van der Waals surface area contributed by atoms with E-state index in [0.717, 1.165) is 0 Å². The van der Waals surface area contributed by atoms with Crippen molar-refractivity contribution in [2.75, 3.05) is 0 Å². The number of ether oxygens (including phenoxy) is 1. The molecule has 0 aliphatic rings. The van der Waals surface area contributed by atoms with Crippen molar-refractivity contribution in [3.63, 3.8) is 0 Å². The third-order valence-corrected chi connectivity index (χ3v) is 5.53. The Hall–Kier alpha value is -3.18. The molecule has 3 N–H and O–H groups in total. The number of amides is 3. The average molecular weight is 466 g/mol. The van der Waals surface area contributed by atoms with Crippen LogP contribution in [0.4, 0.5) is 4.79 Å². The highest BCUT2D eigenvalue weighted by Crippen LogP contribution is 2.18. The van der Waals surface area contributed by atoms with E-state index < -0.39 is 39.6 Å². The zero-order valence-corrected chi connectivity index (χ0v) is 19.3. The van der Waals surface area contributed by atoms with Gasteiger partial charge in [0.15, 0.2) is 6.10 Å². The maximum atomic E-state index is 12.6. The minimum Gasteiger partial charge on any atom is -0.468 e. The molecule has 0 saturated carbocycles. The van der Waals surface area contributed by atoms with Crippen molar-refractivity contribution < 1.29 is 32.0 Å². The number of sulfonamides is 1. The molecule has 32 heavy (non-hydrogen) atoms. The lowest BCUT2D eigenvalue weighted by Crippen LogP contribution is -2.50. The first-order chi connectivity index (χ1) is 14.8. The van der Waals surface area contributed by atoms with E-state index in [9.17, 15) is 22.8 Å². The summed E-state index contributed by atoms with van der Waals surface area (Å²) in [5.41, 5.74) is -0.124. The molecule has 10 nitrogen and oxygen atoms in total. The molecular formula is C21H27N3O7S. The van der Waals surface area contributed by atoms with Crippen LogP contribution in [0.5, 0.6) is 0 Å². The summed E-state index contributed by atoms with van der Waals surface area (Å²) in [6.07, 6.45) is 0.137. The van der Waals surface area contributed by atoms with E-state index in [4.69, 9.17) is 9.15 Å². The molecule has 174 valence electrons. The summed E-state index contributed by atoms with van der Waals surface area (Å²) in [6, 6.07) is 6.50. The molecule has 1 aromatic heterocycles. The number of hydrogen-bond acceptors (Lipinski definition) is 7. The second-order valence-corrected chi connectivity index (χ2v) is 9.89. The van der Waals surface area contributed by atoms with Crippen LogP contribution < -0.4 is 15.4 Å². The molecule has 0 aliphatic heterocycles. The average Bonchev–Trinajstić information content (AvgIpc) is 3.18. The Morgan fingerprint density at radius 3 is 2.44 bits per heavy atom. The molecule has 2 aromatic rings. The SMILES string of the molecule is Cc1ccc(S(=O)(=O)NCc2ccco2)cc1C(=O)O[C@H](C)C(=O)NC(=O)NC(C)(C)C. The topological polar surface area (TPSA) is 144 Å². The van der Waals surface area contributed by atoms with E-state index in [1.807, 2.05) is 0 Å². The van der Waals surface area contributed by atoms with Gasteiger partial charge in [0.25, 0.3) is 5.91 Å². The van der Waals surface area contributed by atoms with E-state index in [-0.39, 0.29) is 17.0 Å². The fourth-order valence-corrected chi connectivity index (χ4v) is 3.53. The number of rotatable bonds is 7. The van der Waals surface area contributed by atoms with Crippen molar-refractivity contribution in [3.8, 4) is 0 Å². The lowest BCUT2D eigenvalue weighted by molar-refractivity contribution is -0.127. The number of nitrogens with one attached hydrogen (secondary N) is 3. The third kappa shape index (κ3) is 7.20. The molecule has 0 saturated heterocycles. The molecule has 0 unspecified atom stereocenters. The van der Waals surface area contributed by atoms with E-state index >= 15 is 0 Å². The summed E-state index contributed by atoms with van der Waals surface area (Å²) in [6.45, 7) is 8.08. The van der Waals surface area contributed by atoms with Gasteiger partial charge >= 0.3 is 12.0 Å². The highest BCUT2D eigenvalue weighted by atomic mass is 32.2. The zero-order chi connectivity index (χ0) is 24.1. The maximum absolute atomic E-state index is 12.6. The van der Waals surface area contributed by atoms with Crippen LogP contribution in [0.3, 0.4) is 0 Å². The van der Waals surface area contributed by atoms with Gasteiger partial charge in [-0.1, -0.05) is 6.07 Å². The lowest BCUT2D eigenvalue weighted by Gasteiger charge is -2.21. The molecule has 0 fully saturated rings. The van der Waals surface area contributed by atoms with Gasteiger partial charge < -0.3 is 14.5 Å². The Kier molecular flexibility index (Phi) is 7.81. The molecule has 2 rings (SSSR count).